The zero-order valence-electron chi connectivity index (χ0n) is 18.1. The lowest BCUT2D eigenvalue weighted by Gasteiger charge is -2.32. The van der Waals surface area contributed by atoms with Crippen LogP contribution in [0, 0.1) is 0 Å². The minimum absolute atomic E-state index is 0.352. The van der Waals surface area contributed by atoms with Crippen LogP contribution in [0.15, 0.2) is 67.0 Å². The molecule has 0 aliphatic carbocycles. The van der Waals surface area contributed by atoms with Crippen molar-refractivity contribution in [3.8, 4) is 23.0 Å². The summed E-state index contributed by atoms with van der Waals surface area (Å²) in [4.78, 5) is 28.9. The Kier molecular flexibility index (Phi) is 7.01. The van der Waals surface area contributed by atoms with Crippen LogP contribution in [0.3, 0.4) is 0 Å². The zero-order chi connectivity index (χ0) is 23.0. The van der Waals surface area contributed by atoms with Crippen molar-refractivity contribution < 1.29 is 23.8 Å². The number of aromatic nitrogens is 1. The third kappa shape index (κ3) is 5.78. The van der Waals surface area contributed by atoms with Crippen molar-refractivity contribution in [1.29, 1.82) is 0 Å². The molecule has 3 aromatic rings. The summed E-state index contributed by atoms with van der Waals surface area (Å²) in [7, 11) is 1.62. The summed E-state index contributed by atoms with van der Waals surface area (Å²) >= 11 is 0. The van der Waals surface area contributed by atoms with Crippen molar-refractivity contribution in [2.45, 2.75) is 12.6 Å². The second kappa shape index (κ2) is 10.5. The Labute approximate surface area is 191 Å². The molecule has 2 heterocycles. The van der Waals surface area contributed by atoms with E-state index in [0.29, 0.717) is 37.7 Å². The molecule has 0 fully saturated rings. The van der Waals surface area contributed by atoms with Crippen LogP contribution in [-0.2, 0) is 11.3 Å². The molecule has 3 amide bonds. The molecule has 1 aromatic heterocycles. The molecule has 0 spiro atoms. The van der Waals surface area contributed by atoms with Gasteiger partial charge in [-0.2, -0.15) is 0 Å². The van der Waals surface area contributed by atoms with Gasteiger partial charge in [0.1, 0.15) is 29.7 Å². The molecule has 0 bridgehead atoms. The largest absolute Gasteiger partial charge is 0.497 e. The van der Waals surface area contributed by atoms with Crippen LogP contribution in [0.1, 0.15) is 17.2 Å². The van der Waals surface area contributed by atoms with E-state index in [1.54, 1.807) is 25.6 Å². The van der Waals surface area contributed by atoms with E-state index in [1.807, 2.05) is 48.5 Å². The monoisotopic (exact) mass is 448 g/mol. The smallest absolute Gasteiger partial charge is 0.321 e. The van der Waals surface area contributed by atoms with E-state index in [1.165, 1.54) is 0 Å². The highest BCUT2D eigenvalue weighted by Crippen LogP contribution is 2.30. The van der Waals surface area contributed by atoms with E-state index in [9.17, 15) is 9.59 Å². The molecule has 33 heavy (non-hydrogen) atoms. The van der Waals surface area contributed by atoms with Crippen molar-refractivity contribution in [3.05, 3.63) is 78.1 Å². The maximum absolute atomic E-state index is 12.1. The number of ether oxygens (including phenoxy) is 3. The number of hydrogen-bond acceptors (Lipinski definition) is 7. The van der Waals surface area contributed by atoms with Crippen molar-refractivity contribution in [3.63, 3.8) is 0 Å². The van der Waals surface area contributed by atoms with Crippen LogP contribution in [0.25, 0.3) is 0 Å². The molecule has 4 rings (SSSR count). The fourth-order valence-electron chi connectivity index (χ4n) is 3.55. The van der Waals surface area contributed by atoms with Gasteiger partial charge in [0.2, 0.25) is 6.41 Å². The second-order valence-electron chi connectivity index (χ2n) is 7.41. The predicted octanol–water partition coefficient (Wildman–Crippen LogP) is 3.23. The number of fused-ring (bicyclic) bond motifs is 1. The zero-order valence-corrected chi connectivity index (χ0v) is 18.1. The molecule has 0 radical (unpaired) electrons. The number of amides is 3. The van der Waals surface area contributed by atoms with Crippen LogP contribution in [-0.4, -0.2) is 42.7 Å². The third-order valence-electron chi connectivity index (χ3n) is 5.16. The number of nitrogens with zero attached hydrogens (tertiary/aromatic N) is 2. The Balaban J connectivity index is 1.47. The SMILES string of the molecule is COc1ccc2c(c1)OCN(C[C@H](NC(=O)NC=O)c1ccc(Oc3cccnc3)cc1)C2. The molecule has 0 saturated carbocycles. The molecule has 170 valence electrons. The van der Waals surface area contributed by atoms with E-state index in [2.05, 4.69) is 20.5 Å². The van der Waals surface area contributed by atoms with Gasteiger partial charge in [0.05, 0.1) is 19.3 Å². The molecular weight excluding hydrogens is 424 g/mol. The highest BCUT2D eigenvalue weighted by atomic mass is 16.5. The molecule has 9 nitrogen and oxygen atoms in total. The number of methoxy groups -OCH3 is 1. The summed E-state index contributed by atoms with van der Waals surface area (Å²) < 4.78 is 16.9. The minimum Gasteiger partial charge on any atom is -0.497 e. The molecular formula is C24H24N4O5. The minimum atomic E-state index is -0.575. The first kappa shape index (κ1) is 22.1. The lowest BCUT2D eigenvalue weighted by Crippen LogP contribution is -2.44. The average molecular weight is 448 g/mol. The van der Waals surface area contributed by atoms with Crippen molar-refractivity contribution in [1.82, 2.24) is 20.5 Å². The Morgan fingerprint density at radius 2 is 2.00 bits per heavy atom. The van der Waals surface area contributed by atoms with E-state index in [4.69, 9.17) is 14.2 Å². The summed E-state index contributed by atoms with van der Waals surface area (Å²) in [6, 6.07) is 15.8. The molecule has 1 atom stereocenters. The Morgan fingerprint density at radius 1 is 1.18 bits per heavy atom. The summed E-state index contributed by atoms with van der Waals surface area (Å²) in [5.41, 5.74) is 1.88. The number of carbonyl (C=O) groups is 2. The first-order valence-corrected chi connectivity index (χ1v) is 10.3. The van der Waals surface area contributed by atoms with Gasteiger partial charge in [-0.15, -0.1) is 0 Å². The fraction of sp³-hybridized carbons (Fsp3) is 0.208. The summed E-state index contributed by atoms with van der Waals surface area (Å²) in [5.74, 6) is 2.80. The molecule has 1 aliphatic heterocycles. The number of pyridine rings is 1. The lowest BCUT2D eigenvalue weighted by molar-refractivity contribution is -0.108. The maximum atomic E-state index is 12.1. The van der Waals surface area contributed by atoms with Gasteiger partial charge in [-0.1, -0.05) is 18.2 Å². The first-order chi connectivity index (χ1) is 16.1. The molecule has 1 aliphatic rings. The van der Waals surface area contributed by atoms with E-state index >= 15 is 0 Å². The Bertz CT molecular complexity index is 1090. The second-order valence-corrected chi connectivity index (χ2v) is 7.41. The van der Waals surface area contributed by atoms with Gasteiger partial charge in [-0.3, -0.25) is 20.0 Å². The van der Waals surface area contributed by atoms with Crippen LogP contribution < -0.4 is 24.8 Å². The first-order valence-electron chi connectivity index (χ1n) is 10.3. The van der Waals surface area contributed by atoms with E-state index in [-0.39, 0.29) is 6.04 Å². The lowest BCUT2D eigenvalue weighted by atomic mass is 10.1. The number of rotatable bonds is 8. The van der Waals surface area contributed by atoms with Crippen LogP contribution in [0.4, 0.5) is 4.79 Å². The number of hydrogen-bond donors (Lipinski definition) is 2. The van der Waals surface area contributed by atoms with Gasteiger partial charge in [0.25, 0.3) is 0 Å². The number of urea groups is 1. The van der Waals surface area contributed by atoms with Crippen molar-refractivity contribution >= 4 is 12.4 Å². The van der Waals surface area contributed by atoms with Gasteiger partial charge in [-0.25, -0.2) is 4.79 Å². The molecule has 0 unspecified atom stereocenters. The van der Waals surface area contributed by atoms with Crippen molar-refractivity contribution in [2.75, 3.05) is 20.4 Å². The molecule has 2 aromatic carbocycles. The Hall–Kier alpha value is -4.11. The van der Waals surface area contributed by atoms with Gasteiger partial charge in [0, 0.05) is 30.9 Å². The van der Waals surface area contributed by atoms with Crippen molar-refractivity contribution in [2.24, 2.45) is 0 Å². The fourth-order valence-corrected chi connectivity index (χ4v) is 3.55. The number of carbonyl (C=O) groups excluding carboxylic acids is 2. The summed E-state index contributed by atoms with van der Waals surface area (Å²) in [6.45, 7) is 1.48. The number of nitrogens with one attached hydrogen (secondary N) is 2. The van der Waals surface area contributed by atoms with E-state index in [0.717, 1.165) is 22.6 Å². The van der Waals surface area contributed by atoms with Crippen LogP contribution in [0.2, 0.25) is 0 Å². The van der Waals surface area contributed by atoms with Gasteiger partial charge in [0.15, 0.2) is 0 Å². The maximum Gasteiger partial charge on any atom is 0.321 e. The third-order valence-corrected chi connectivity index (χ3v) is 5.16. The van der Waals surface area contributed by atoms with Crippen LogP contribution >= 0.6 is 0 Å². The highest BCUT2D eigenvalue weighted by Gasteiger charge is 2.23. The topological polar surface area (TPSA) is 102 Å². The quantitative estimate of drug-likeness (QED) is 0.510. The van der Waals surface area contributed by atoms with Crippen LogP contribution in [0.5, 0.6) is 23.0 Å². The van der Waals surface area contributed by atoms with Gasteiger partial charge >= 0.3 is 6.03 Å². The normalized spacial score (nSPS) is 13.7. The number of benzene rings is 2. The molecule has 0 saturated heterocycles. The predicted molar refractivity (Wildman–Crippen MR) is 120 cm³/mol. The summed E-state index contributed by atoms with van der Waals surface area (Å²) in [6.07, 6.45) is 3.66. The molecule has 9 heteroatoms. The average Bonchev–Trinajstić information content (AvgIpc) is 2.84. The van der Waals surface area contributed by atoms with Gasteiger partial charge < -0.3 is 19.5 Å². The Morgan fingerprint density at radius 3 is 2.73 bits per heavy atom. The highest BCUT2D eigenvalue weighted by molar-refractivity contribution is 5.84. The van der Waals surface area contributed by atoms with Gasteiger partial charge in [-0.05, 0) is 35.9 Å². The molecule has 2 N–H and O–H groups in total. The summed E-state index contributed by atoms with van der Waals surface area (Å²) in [5, 5.41) is 4.97. The number of imide groups is 1. The van der Waals surface area contributed by atoms with E-state index < -0.39 is 6.03 Å². The standard InChI is InChI=1S/C24H24N4O5/c1-31-20-9-6-18-13-28(16-32-23(18)11-20)14-22(27-24(30)26-15-29)17-4-7-19(8-5-17)33-21-3-2-10-25-12-21/h2-12,15,22H,13-14,16H2,1H3,(H2,26,27,29,30)/t22-/m0/s1.